The molecule has 4 rings (SSSR count). The van der Waals surface area contributed by atoms with Crippen LogP contribution in [0.2, 0.25) is 5.02 Å². The molecule has 156 valence electrons. The summed E-state index contributed by atoms with van der Waals surface area (Å²) in [4.78, 5) is 17.4. The number of nitriles is 1. The number of aryl methyl sites for hydroxylation is 1. The summed E-state index contributed by atoms with van der Waals surface area (Å²) in [5.74, 6) is 0.682. The zero-order chi connectivity index (χ0) is 22.0. The second kappa shape index (κ2) is 9.26. The maximum absolute atomic E-state index is 12.6. The fourth-order valence-corrected chi connectivity index (χ4v) is 5.00. The summed E-state index contributed by atoms with van der Waals surface area (Å²) in [5.41, 5.74) is 6.74. The van der Waals surface area contributed by atoms with Crippen LogP contribution in [0.3, 0.4) is 0 Å². The van der Waals surface area contributed by atoms with Gasteiger partial charge in [0.15, 0.2) is 5.78 Å². The van der Waals surface area contributed by atoms with Crippen LogP contribution in [-0.2, 0) is 12.8 Å². The minimum absolute atomic E-state index is 0.00399. The lowest BCUT2D eigenvalue weighted by Gasteiger charge is -2.15. The highest BCUT2D eigenvalue weighted by Crippen LogP contribution is 2.39. The standard InChI is InChI=1S/C26H23ClN2OS/c1-16(2)17-6-8-19(9-7-17)25-21-4-3-5-23(21)29-26(22(25)14-28)31-15-24(30)18-10-12-20(27)13-11-18/h6-13,16H,3-5,15H2,1-2H3. The molecule has 5 heteroatoms. The van der Waals surface area contributed by atoms with Crippen molar-refractivity contribution in [3.8, 4) is 17.2 Å². The van der Waals surface area contributed by atoms with E-state index < -0.39 is 0 Å². The Bertz CT molecular complexity index is 1160. The van der Waals surface area contributed by atoms with Gasteiger partial charge in [0.05, 0.1) is 11.3 Å². The van der Waals surface area contributed by atoms with Crippen LogP contribution in [0.15, 0.2) is 53.6 Å². The predicted molar refractivity (Wildman–Crippen MR) is 127 cm³/mol. The van der Waals surface area contributed by atoms with Crippen molar-refractivity contribution in [3.63, 3.8) is 0 Å². The normalized spacial score (nSPS) is 12.6. The van der Waals surface area contributed by atoms with Crippen LogP contribution in [0.4, 0.5) is 0 Å². The molecule has 1 aliphatic carbocycles. The van der Waals surface area contributed by atoms with Gasteiger partial charge in [0.1, 0.15) is 11.1 Å². The fraction of sp³-hybridized carbons (Fsp3) is 0.269. The molecule has 0 amide bonds. The molecule has 0 spiro atoms. The summed E-state index contributed by atoms with van der Waals surface area (Å²) in [6, 6.07) is 17.8. The van der Waals surface area contributed by atoms with Crippen molar-refractivity contribution >= 4 is 29.1 Å². The van der Waals surface area contributed by atoms with Crippen LogP contribution in [0.1, 0.15) is 58.9 Å². The smallest absolute Gasteiger partial charge is 0.173 e. The van der Waals surface area contributed by atoms with E-state index in [1.165, 1.54) is 22.9 Å². The highest BCUT2D eigenvalue weighted by atomic mass is 35.5. The van der Waals surface area contributed by atoms with Crippen LogP contribution >= 0.6 is 23.4 Å². The van der Waals surface area contributed by atoms with Crippen molar-refractivity contribution in [2.75, 3.05) is 5.75 Å². The van der Waals surface area contributed by atoms with Gasteiger partial charge in [0.25, 0.3) is 0 Å². The van der Waals surface area contributed by atoms with Crippen molar-refractivity contribution in [2.45, 2.75) is 44.1 Å². The molecule has 0 atom stereocenters. The van der Waals surface area contributed by atoms with Crippen molar-refractivity contribution in [3.05, 3.63) is 81.5 Å². The summed E-state index contributed by atoms with van der Waals surface area (Å²) in [6.07, 6.45) is 2.89. The number of nitrogens with zero attached hydrogens (tertiary/aromatic N) is 2. The third-order valence-electron chi connectivity index (χ3n) is 5.67. The molecule has 0 unspecified atom stereocenters. The molecule has 0 bridgehead atoms. The van der Waals surface area contributed by atoms with Gasteiger partial charge in [-0.25, -0.2) is 4.98 Å². The van der Waals surface area contributed by atoms with Gasteiger partial charge >= 0.3 is 0 Å². The molecular weight excluding hydrogens is 424 g/mol. The Morgan fingerprint density at radius 1 is 1.13 bits per heavy atom. The van der Waals surface area contributed by atoms with Crippen molar-refractivity contribution < 1.29 is 4.79 Å². The quantitative estimate of drug-likeness (QED) is 0.306. The van der Waals surface area contributed by atoms with Gasteiger partial charge in [-0.05, 0) is 66.1 Å². The number of aromatic nitrogens is 1. The Kier molecular flexibility index (Phi) is 6.46. The topological polar surface area (TPSA) is 53.8 Å². The van der Waals surface area contributed by atoms with E-state index >= 15 is 0 Å². The highest BCUT2D eigenvalue weighted by Gasteiger charge is 2.25. The van der Waals surface area contributed by atoms with Crippen LogP contribution in [0.5, 0.6) is 0 Å². The van der Waals surface area contributed by atoms with Gasteiger partial charge in [0.2, 0.25) is 0 Å². The molecule has 0 aliphatic heterocycles. The third-order valence-corrected chi connectivity index (χ3v) is 6.90. The molecule has 1 aromatic heterocycles. The molecule has 0 saturated carbocycles. The van der Waals surface area contributed by atoms with E-state index in [1.54, 1.807) is 24.3 Å². The Labute approximate surface area is 192 Å². The lowest BCUT2D eigenvalue weighted by molar-refractivity contribution is 0.102. The largest absolute Gasteiger partial charge is 0.293 e. The van der Waals surface area contributed by atoms with E-state index in [4.69, 9.17) is 16.6 Å². The van der Waals surface area contributed by atoms with E-state index in [-0.39, 0.29) is 11.5 Å². The van der Waals surface area contributed by atoms with Crippen LogP contribution in [-0.4, -0.2) is 16.5 Å². The minimum atomic E-state index is -0.00399. The van der Waals surface area contributed by atoms with Gasteiger partial charge in [0, 0.05) is 21.8 Å². The maximum Gasteiger partial charge on any atom is 0.173 e. The van der Waals surface area contributed by atoms with E-state index in [0.29, 0.717) is 27.1 Å². The number of ketones is 1. The Hall–Kier alpha value is -2.61. The Balaban J connectivity index is 1.69. The van der Waals surface area contributed by atoms with Crippen LogP contribution < -0.4 is 0 Å². The third kappa shape index (κ3) is 4.54. The SMILES string of the molecule is CC(C)c1ccc(-c2c(C#N)c(SCC(=O)c3ccc(Cl)cc3)nc3c2CCC3)cc1. The summed E-state index contributed by atoms with van der Waals surface area (Å²) < 4.78 is 0. The van der Waals surface area contributed by atoms with Gasteiger partial charge < -0.3 is 0 Å². The second-order valence-electron chi connectivity index (χ2n) is 8.05. The van der Waals surface area contributed by atoms with E-state index in [1.807, 2.05) is 0 Å². The van der Waals surface area contributed by atoms with Gasteiger partial charge in [-0.3, -0.25) is 4.79 Å². The summed E-state index contributed by atoms with van der Waals surface area (Å²) >= 11 is 7.27. The van der Waals surface area contributed by atoms with Gasteiger partial charge in [-0.15, -0.1) is 0 Å². The number of pyridine rings is 1. The maximum atomic E-state index is 12.6. The molecule has 0 fully saturated rings. The molecule has 0 N–H and O–H groups in total. The minimum Gasteiger partial charge on any atom is -0.293 e. The summed E-state index contributed by atoms with van der Waals surface area (Å²) in [6.45, 7) is 4.35. The lowest BCUT2D eigenvalue weighted by atomic mass is 9.93. The first kappa shape index (κ1) is 21.6. The average Bonchev–Trinajstić information content (AvgIpc) is 3.25. The zero-order valence-electron chi connectivity index (χ0n) is 17.6. The molecule has 0 saturated heterocycles. The number of carbonyl (C=O) groups is 1. The van der Waals surface area contributed by atoms with E-state index in [9.17, 15) is 10.1 Å². The van der Waals surface area contributed by atoms with Gasteiger partial charge in [-0.2, -0.15) is 5.26 Å². The molecule has 3 aromatic rings. The lowest BCUT2D eigenvalue weighted by Crippen LogP contribution is -2.05. The number of rotatable bonds is 6. The van der Waals surface area contributed by atoms with Crippen LogP contribution in [0.25, 0.3) is 11.1 Å². The van der Waals surface area contributed by atoms with E-state index in [2.05, 4.69) is 44.2 Å². The molecule has 1 heterocycles. The number of carbonyl (C=O) groups excluding carboxylic acids is 1. The van der Waals surface area contributed by atoms with Crippen molar-refractivity contribution in [1.82, 2.24) is 4.98 Å². The number of fused-ring (bicyclic) bond motifs is 1. The molecule has 0 radical (unpaired) electrons. The summed E-state index contributed by atoms with van der Waals surface area (Å²) in [5, 5.41) is 11.3. The second-order valence-corrected chi connectivity index (χ2v) is 9.45. The number of hydrogen-bond acceptors (Lipinski definition) is 4. The monoisotopic (exact) mass is 446 g/mol. The molecule has 2 aromatic carbocycles. The number of thioether (sulfide) groups is 1. The van der Waals surface area contributed by atoms with Gasteiger partial charge in [-0.1, -0.05) is 61.5 Å². The molecule has 31 heavy (non-hydrogen) atoms. The number of halogens is 1. The molecular formula is C26H23ClN2OS. The van der Waals surface area contributed by atoms with E-state index in [0.717, 1.165) is 36.1 Å². The molecule has 3 nitrogen and oxygen atoms in total. The van der Waals surface area contributed by atoms with Crippen LogP contribution in [0, 0.1) is 11.3 Å². The van der Waals surface area contributed by atoms with Crippen molar-refractivity contribution in [1.29, 1.82) is 5.26 Å². The highest BCUT2D eigenvalue weighted by molar-refractivity contribution is 8.00. The number of Topliss-reactive ketones (excluding diaryl/α,β-unsaturated/α-hetero) is 1. The summed E-state index contributed by atoms with van der Waals surface area (Å²) in [7, 11) is 0. The fourth-order valence-electron chi connectivity index (χ4n) is 3.97. The molecule has 1 aliphatic rings. The predicted octanol–water partition coefficient (Wildman–Crippen LogP) is 6.86. The first-order valence-electron chi connectivity index (χ1n) is 10.5. The Morgan fingerprint density at radius 2 is 1.84 bits per heavy atom. The first-order chi connectivity index (χ1) is 15.0. The zero-order valence-corrected chi connectivity index (χ0v) is 19.2. The van der Waals surface area contributed by atoms with Crippen molar-refractivity contribution in [2.24, 2.45) is 0 Å². The first-order valence-corrected chi connectivity index (χ1v) is 11.8. The number of hydrogen-bond donors (Lipinski definition) is 0. The number of benzene rings is 2. The Morgan fingerprint density at radius 3 is 2.48 bits per heavy atom. The average molecular weight is 447 g/mol.